The first-order valence-electron chi connectivity index (χ1n) is 3.20. The Hall–Kier alpha value is -0.270. The third-order valence-corrected chi connectivity index (χ3v) is 2.65. The van der Waals surface area contributed by atoms with Crippen LogP contribution in [-0.2, 0) is 10.0 Å². The van der Waals surface area contributed by atoms with E-state index in [1.807, 2.05) is 0 Å². The SMILES string of the molecule is CC(O)CN(C)S(=O)(=O)C(F)F. The molecular formula is C5H11F2NO3S. The van der Waals surface area contributed by atoms with Crippen LogP contribution in [-0.4, -0.2) is 43.3 Å². The van der Waals surface area contributed by atoms with Crippen molar-refractivity contribution in [2.75, 3.05) is 13.6 Å². The zero-order valence-corrected chi connectivity index (χ0v) is 7.55. The van der Waals surface area contributed by atoms with E-state index in [4.69, 9.17) is 5.11 Å². The van der Waals surface area contributed by atoms with Gasteiger partial charge in [-0.2, -0.15) is 13.1 Å². The van der Waals surface area contributed by atoms with Crippen LogP contribution in [0.15, 0.2) is 0 Å². The summed E-state index contributed by atoms with van der Waals surface area (Å²) in [4.78, 5) is 0. The molecule has 0 aromatic rings. The summed E-state index contributed by atoms with van der Waals surface area (Å²) in [5, 5.41) is 8.72. The molecule has 1 unspecified atom stereocenters. The molecule has 4 nitrogen and oxygen atoms in total. The third kappa shape index (κ3) is 3.00. The van der Waals surface area contributed by atoms with E-state index in [2.05, 4.69) is 0 Å². The van der Waals surface area contributed by atoms with Gasteiger partial charge in [0.15, 0.2) is 0 Å². The lowest BCUT2D eigenvalue weighted by molar-refractivity contribution is 0.163. The van der Waals surface area contributed by atoms with E-state index in [1.54, 1.807) is 0 Å². The normalized spacial score (nSPS) is 15.6. The maximum Gasteiger partial charge on any atom is 0.350 e. The topological polar surface area (TPSA) is 57.6 Å². The fraction of sp³-hybridized carbons (Fsp3) is 1.00. The average Bonchev–Trinajstić information content (AvgIpc) is 1.85. The zero-order valence-electron chi connectivity index (χ0n) is 6.74. The van der Waals surface area contributed by atoms with Gasteiger partial charge >= 0.3 is 5.76 Å². The van der Waals surface area contributed by atoms with E-state index in [0.29, 0.717) is 4.31 Å². The smallest absolute Gasteiger partial charge is 0.350 e. The van der Waals surface area contributed by atoms with Gasteiger partial charge in [-0.1, -0.05) is 0 Å². The predicted octanol–water partition coefficient (Wildman–Crippen LogP) is -0.149. The second-order valence-corrected chi connectivity index (χ2v) is 4.44. The molecule has 0 rings (SSSR count). The second kappa shape index (κ2) is 4.11. The van der Waals surface area contributed by atoms with Crippen molar-refractivity contribution in [3.63, 3.8) is 0 Å². The first-order valence-corrected chi connectivity index (χ1v) is 4.70. The summed E-state index contributed by atoms with van der Waals surface area (Å²) in [7, 11) is -3.54. The summed E-state index contributed by atoms with van der Waals surface area (Å²) in [6.07, 6.45) is -0.955. The molecule has 0 aliphatic heterocycles. The largest absolute Gasteiger partial charge is 0.392 e. The maximum atomic E-state index is 11.8. The minimum atomic E-state index is -4.53. The van der Waals surface area contributed by atoms with Crippen LogP contribution in [0.1, 0.15) is 6.92 Å². The van der Waals surface area contributed by atoms with Crippen LogP contribution >= 0.6 is 0 Å². The van der Waals surface area contributed by atoms with Crippen molar-refractivity contribution >= 4 is 10.0 Å². The highest BCUT2D eigenvalue weighted by molar-refractivity contribution is 7.89. The molecule has 0 radical (unpaired) electrons. The predicted molar refractivity (Wildman–Crippen MR) is 39.2 cm³/mol. The van der Waals surface area contributed by atoms with Crippen LogP contribution < -0.4 is 0 Å². The molecule has 0 aliphatic rings. The number of nitrogens with zero attached hydrogens (tertiary/aromatic N) is 1. The summed E-state index contributed by atoms with van der Waals surface area (Å²) >= 11 is 0. The first kappa shape index (κ1) is 11.7. The molecule has 0 spiro atoms. The number of hydrogen-bond acceptors (Lipinski definition) is 3. The van der Waals surface area contributed by atoms with Crippen LogP contribution in [0.4, 0.5) is 8.78 Å². The summed E-state index contributed by atoms with van der Waals surface area (Å²) in [6, 6.07) is 0. The molecule has 0 amide bonds. The molecule has 12 heavy (non-hydrogen) atoms. The number of rotatable bonds is 4. The minimum absolute atomic E-state index is 0.327. The monoisotopic (exact) mass is 203 g/mol. The summed E-state index contributed by atoms with van der Waals surface area (Å²) in [5.41, 5.74) is 0. The maximum absolute atomic E-state index is 11.8. The van der Waals surface area contributed by atoms with Crippen molar-refractivity contribution in [1.82, 2.24) is 4.31 Å². The second-order valence-electron chi connectivity index (χ2n) is 2.44. The number of hydrogen-bond donors (Lipinski definition) is 1. The lowest BCUT2D eigenvalue weighted by Gasteiger charge is -2.17. The quantitative estimate of drug-likeness (QED) is 0.691. The summed E-state index contributed by atoms with van der Waals surface area (Å²) in [6.45, 7) is 0.990. The number of likely N-dealkylation sites (N-methyl/N-ethyl adjacent to an activating group) is 1. The molecule has 0 aromatic heterocycles. The van der Waals surface area contributed by atoms with Crippen molar-refractivity contribution in [3.8, 4) is 0 Å². The van der Waals surface area contributed by atoms with E-state index in [1.165, 1.54) is 6.92 Å². The Morgan fingerprint density at radius 2 is 1.92 bits per heavy atom. The molecular weight excluding hydrogens is 192 g/mol. The highest BCUT2D eigenvalue weighted by Gasteiger charge is 2.29. The highest BCUT2D eigenvalue weighted by Crippen LogP contribution is 2.09. The molecule has 7 heteroatoms. The molecule has 1 atom stereocenters. The van der Waals surface area contributed by atoms with Crippen LogP contribution in [0.3, 0.4) is 0 Å². The van der Waals surface area contributed by atoms with E-state index in [9.17, 15) is 17.2 Å². The number of alkyl halides is 2. The van der Waals surface area contributed by atoms with Gasteiger partial charge < -0.3 is 5.11 Å². The molecule has 0 saturated carbocycles. The number of aliphatic hydroxyl groups is 1. The molecule has 0 saturated heterocycles. The first-order chi connectivity index (χ1) is 5.28. The van der Waals surface area contributed by atoms with E-state index < -0.39 is 21.9 Å². The van der Waals surface area contributed by atoms with Crippen LogP contribution in [0.5, 0.6) is 0 Å². The highest BCUT2D eigenvalue weighted by atomic mass is 32.2. The van der Waals surface area contributed by atoms with Crippen LogP contribution in [0, 0.1) is 0 Å². The molecule has 0 bridgehead atoms. The number of aliphatic hydroxyl groups excluding tert-OH is 1. The lowest BCUT2D eigenvalue weighted by Crippen LogP contribution is -2.36. The average molecular weight is 203 g/mol. The lowest BCUT2D eigenvalue weighted by atomic mass is 10.4. The van der Waals surface area contributed by atoms with Crippen molar-refractivity contribution in [2.45, 2.75) is 18.8 Å². The minimum Gasteiger partial charge on any atom is -0.392 e. The molecule has 0 fully saturated rings. The van der Waals surface area contributed by atoms with Gasteiger partial charge in [-0.25, -0.2) is 8.42 Å². The number of halogens is 2. The van der Waals surface area contributed by atoms with Crippen LogP contribution in [0.25, 0.3) is 0 Å². The molecule has 0 heterocycles. The fourth-order valence-corrected chi connectivity index (χ4v) is 1.31. The van der Waals surface area contributed by atoms with Crippen molar-refractivity contribution in [2.24, 2.45) is 0 Å². The fourth-order valence-electron chi connectivity index (χ4n) is 0.612. The summed E-state index contributed by atoms with van der Waals surface area (Å²) < 4.78 is 45.3. The Bertz CT molecular complexity index is 227. The van der Waals surface area contributed by atoms with Crippen LogP contribution in [0.2, 0.25) is 0 Å². The van der Waals surface area contributed by atoms with Gasteiger partial charge in [-0.3, -0.25) is 0 Å². The Morgan fingerprint density at radius 3 is 2.17 bits per heavy atom. The molecule has 74 valence electrons. The number of sulfonamides is 1. The van der Waals surface area contributed by atoms with E-state index in [0.717, 1.165) is 7.05 Å². The van der Waals surface area contributed by atoms with Gasteiger partial charge in [-0.05, 0) is 6.92 Å². The van der Waals surface area contributed by atoms with Gasteiger partial charge in [0.1, 0.15) is 0 Å². The Labute approximate surface area is 69.8 Å². The van der Waals surface area contributed by atoms with Gasteiger partial charge in [-0.15, -0.1) is 0 Å². The van der Waals surface area contributed by atoms with Gasteiger partial charge in [0, 0.05) is 13.6 Å². The Morgan fingerprint density at radius 1 is 1.50 bits per heavy atom. The molecule has 0 aromatic carbocycles. The van der Waals surface area contributed by atoms with E-state index in [-0.39, 0.29) is 6.54 Å². The standard InChI is InChI=1S/C5H11F2NO3S/c1-4(9)3-8(2)12(10,11)5(6)7/h4-5,9H,3H2,1-2H3. The van der Waals surface area contributed by atoms with Crippen molar-refractivity contribution < 1.29 is 22.3 Å². The van der Waals surface area contributed by atoms with Gasteiger partial charge in [0.2, 0.25) is 0 Å². The van der Waals surface area contributed by atoms with Crippen molar-refractivity contribution in [3.05, 3.63) is 0 Å². The third-order valence-electron chi connectivity index (χ3n) is 1.18. The molecule has 0 aliphatic carbocycles. The van der Waals surface area contributed by atoms with Crippen molar-refractivity contribution in [1.29, 1.82) is 0 Å². The molecule has 1 N–H and O–H groups in total. The zero-order chi connectivity index (χ0) is 9.94. The van der Waals surface area contributed by atoms with Gasteiger partial charge in [0.05, 0.1) is 6.10 Å². The van der Waals surface area contributed by atoms with E-state index >= 15 is 0 Å². The van der Waals surface area contributed by atoms with Gasteiger partial charge in [0.25, 0.3) is 10.0 Å². The summed E-state index contributed by atoms with van der Waals surface area (Å²) in [5.74, 6) is -3.43. The Balaban J connectivity index is 4.38. The Kier molecular flexibility index (Phi) is 4.01.